The van der Waals surface area contributed by atoms with Gasteiger partial charge in [-0.15, -0.1) is 0 Å². The van der Waals surface area contributed by atoms with Crippen LogP contribution in [0.2, 0.25) is 0 Å². The highest BCUT2D eigenvalue weighted by Gasteiger charge is 2.16. The van der Waals surface area contributed by atoms with E-state index in [1.807, 2.05) is 31.2 Å². The number of fused-ring (bicyclic) bond motifs is 1. The van der Waals surface area contributed by atoms with Crippen LogP contribution >= 0.6 is 0 Å². The van der Waals surface area contributed by atoms with E-state index in [-0.39, 0.29) is 13.1 Å². The van der Waals surface area contributed by atoms with Crippen LogP contribution in [0.25, 0.3) is 0 Å². The zero-order valence-corrected chi connectivity index (χ0v) is 17.3. The highest BCUT2D eigenvalue weighted by Crippen LogP contribution is 2.27. The lowest BCUT2D eigenvalue weighted by Gasteiger charge is -2.19. The minimum absolute atomic E-state index is 0.186. The Balaban J connectivity index is 1.58. The molecule has 0 amide bonds. The molecule has 2 aromatic carbocycles. The number of nitrogens with zero attached hydrogens (tertiary/aromatic N) is 1. The number of benzene rings is 2. The number of hydrogen-bond acceptors (Lipinski definition) is 3. The van der Waals surface area contributed by atoms with Gasteiger partial charge in [-0.1, -0.05) is 24.3 Å². The third kappa shape index (κ3) is 4.91. The fourth-order valence-corrected chi connectivity index (χ4v) is 4.86. The van der Waals surface area contributed by atoms with Gasteiger partial charge in [0.25, 0.3) is 0 Å². The van der Waals surface area contributed by atoms with Crippen LogP contribution in [0.1, 0.15) is 35.1 Å². The molecule has 0 saturated carbocycles. The Bertz CT molecular complexity index is 984. The van der Waals surface area contributed by atoms with Gasteiger partial charge < -0.3 is 11.1 Å². The molecule has 0 aliphatic heterocycles. The summed E-state index contributed by atoms with van der Waals surface area (Å²) in [6.45, 7) is 4.11. The van der Waals surface area contributed by atoms with Crippen LogP contribution in [0, 0.1) is 13.8 Å². The molecule has 7 heteroatoms. The molecule has 0 fully saturated rings. The lowest BCUT2D eigenvalue weighted by atomic mass is 9.90. The Morgan fingerprint density at radius 2 is 1.93 bits per heavy atom. The van der Waals surface area contributed by atoms with Gasteiger partial charge >= 0.3 is 0 Å². The minimum Gasteiger partial charge on any atom is -0.370 e. The van der Waals surface area contributed by atoms with E-state index in [1.54, 1.807) is 13.0 Å². The summed E-state index contributed by atoms with van der Waals surface area (Å²) < 4.78 is 27.6. The maximum atomic E-state index is 12.5. The molecule has 4 N–H and O–H groups in total. The summed E-state index contributed by atoms with van der Waals surface area (Å²) in [4.78, 5) is 4.57. The molecule has 0 radical (unpaired) electrons. The van der Waals surface area contributed by atoms with Gasteiger partial charge in [-0.25, -0.2) is 13.1 Å². The predicted molar refractivity (Wildman–Crippen MR) is 114 cm³/mol. The van der Waals surface area contributed by atoms with Crippen molar-refractivity contribution in [1.29, 1.82) is 0 Å². The number of rotatable bonds is 6. The van der Waals surface area contributed by atoms with Gasteiger partial charge in [0.1, 0.15) is 0 Å². The third-order valence-corrected chi connectivity index (χ3v) is 6.58. The molecule has 0 atom stereocenters. The Kier molecular flexibility index (Phi) is 6.36. The maximum Gasteiger partial charge on any atom is 0.240 e. The molecular formula is C21H28N4O2S. The van der Waals surface area contributed by atoms with Gasteiger partial charge in [0, 0.05) is 12.2 Å². The van der Waals surface area contributed by atoms with Crippen LogP contribution in [0.3, 0.4) is 0 Å². The van der Waals surface area contributed by atoms with Crippen molar-refractivity contribution in [2.45, 2.75) is 44.4 Å². The molecule has 3 rings (SSSR count). The molecule has 2 aromatic rings. The lowest BCUT2D eigenvalue weighted by molar-refractivity contribution is 0.581. The number of aryl methyl sites for hydroxylation is 3. The largest absolute Gasteiger partial charge is 0.370 e. The summed E-state index contributed by atoms with van der Waals surface area (Å²) in [6.07, 6.45) is 4.55. The van der Waals surface area contributed by atoms with Crippen LogP contribution in [-0.4, -0.2) is 27.5 Å². The molecule has 0 unspecified atom stereocenters. The predicted octanol–water partition coefficient (Wildman–Crippen LogP) is 2.89. The van der Waals surface area contributed by atoms with Gasteiger partial charge in [0.2, 0.25) is 10.0 Å². The third-order valence-electron chi connectivity index (χ3n) is 4.98. The molecule has 6 nitrogen and oxygen atoms in total. The van der Waals surface area contributed by atoms with Crippen molar-refractivity contribution in [1.82, 2.24) is 4.72 Å². The zero-order chi connectivity index (χ0) is 20.1. The molecular weight excluding hydrogens is 372 g/mol. The number of nitrogens with one attached hydrogen (secondary N) is 2. The molecule has 28 heavy (non-hydrogen) atoms. The van der Waals surface area contributed by atoms with E-state index in [0.29, 0.717) is 10.9 Å². The van der Waals surface area contributed by atoms with Gasteiger partial charge in [-0.3, -0.25) is 4.99 Å². The molecule has 0 heterocycles. The van der Waals surface area contributed by atoms with Crippen LogP contribution < -0.4 is 15.8 Å². The number of nitrogens with two attached hydrogens (primary N) is 1. The average Bonchev–Trinajstić information content (AvgIpc) is 2.67. The van der Waals surface area contributed by atoms with Crippen LogP contribution in [0.5, 0.6) is 0 Å². The van der Waals surface area contributed by atoms with E-state index in [2.05, 4.69) is 21.1 Å². The van der Waals surface area contributed by atoms with Gasteiger partial charge in [0.05, 0.1) is 11.4 Å². The maximum absolute atomic E-state index is 12.5. The topological polar surface area (TPSA) is 96.6 Å². The molecule has 0 spiro atoms. The van der Waals surface area contributed by atoms with E-state index in [1.165, 1.54) is 24.0 Å². The second-order valence-corrected chi connectivity index (χ2v) is 8.94. The van der Waals surface area contributed by atoms with E-state index in [4.69, 9.17) is 5.73 Å². The second kappa shape index (κ2) is 8.75. The summed E-state index contributed by atoms with van der Waals surface area (Å²) in [5, 5.41) is 3.17. The molecule has 1 aliphatic carbocycles. The summed E-state index contributed by atoms with van der Waals surface area (Å²) in [5.41, 5.74) is 11.3. The molecule has 1 aliphatic rings. The van der Waals surface area contributed by atoms with Crippen molar-refractivity contribution in [2.24, 2.45) is 10.7 Å². The van der Waals surface area contributed by atoms with Crippen LogP contribution in [-0.2, 0) is 22.9 Å². The molecule has 150 valence electrons. The summed E-state index contributed by atoms with van der Waals surface area (Å²) in [6, 6.07) is 11.6. The molecule has 0 saturated heterocycles. The standard InChI is InChI=1S/C21H28N4O2S/c1-15-10-11-16(2)20(14-15)28(26,27)24-13-12-23-21(22)25-19-9-5-7-17-6-3-4-8-18(17)19/h5,7,9-11,14,24H,3-4,6,8,12-13H2,1-2H3,(H3,22,23,25). The quantitative estimate of drug-likeness (QED) is 0.395. The van der Waals surface area contributed by atoms with E-state index < -0.39 is 10.0 Å². The van der Waals surface area contributed by atoms with Crippen molar-refractivity contribution in [3.05, 3.63) is 58.7 Å². The van der Waals surface area contributed by atoms with Crippen LogP contribution in [0.15, 0.2) is 46.3 Å². The van der Waals surface area contributed by atoms with E-state index in [0.717, 1.165) is 29.7 Å². The minimum atomic E-state index is -3.56. The SMILES string of the molecule is Cc1ccc(C)c(S(=O)(=O)NCCN=C(N)Nc2cccc3c2CCCC3)c1. The first-order valence-electron chi connectivity index (χ1n) is 9.61. The number of guanidine groups is 1. The van der Waals surface area contributed by atoms with Crippen molar-refractivity contribution in [2.75, 3.05) is 18.4 Å². The van der Waals surface area contributed by atoms with Crippen molar-refractivity contribution >= 4 is 21.7 Å². The first-order chi connectivity index (χ1) is 13.4. The second-order valence-electron chi connectivity index (χ2n) is 7.21. The molecule has 0 bridgehead atoms. The Labute approximate surface area is 167 Å². The summed E-state index contributed by atoms with van der Waals surface area (Å²) >= 11 is 0. The lowest BCUT2D eigenvalue weighted by Crippen LogP contribution is -2.29. The highest BCUT2D eigenvalue weighted by molar-refractivity contribution is 7.89. The Morgan fingerprint density at radius 3 is 2.75 bits per heavy atom. The Hall–Kier alpha value is -2.38. The van der Waals surface area contributed by atoms with E-state index >= 15 is 0 Å². The van der Waals surface area contributed by atoms with E-state index in [9.17, 15) is 8.42 Å². The van der Waals surface area contributed by atoms with Crippen molar-refractivity contribution < 1.29 is 8.42 Å². The first-order valence-corrected chi connectivity index (χ1v) is 11.1. The first kappa shape index (κ1) is 20.4. The Morgan fingerprint density at radius 1 is 1.14 bits per heavy atom. The average molecular weight is 401 g/mol. The van der Waals surface area contributed by atoms with Gasteiger partial charge in [0.15, 0.2) is 5.96 Å². The monoisotopic (exact) mass is 400 g/mol. The fourth-order valence-electron chi connectivity index (χ4n) is 3.51. The summed E-state index contributed by atoms with van der Waals surface area (Å²) in [7, 11) is -3.56. The van der Waals surface area contributed by atoms with Gasteiger partial charge in [-0.05, 0) is 73.9 Å². The fraction of sp³-hybridized carbons (Fsp3) is 0.381. The number of sulfonamides is 1. The van der Waals surface area contributed by atoms with Crippen LogP contribution in [0.4, 0.5) is 5.69 Å². The number of aliphatic imine (C=N–C) groups is 1. The number of anilines is 1. The van der Waals surface area contributed by atoms with Gasteiger partial charge in [-0.2, -0.15) is 0 Å². The number of hydrogen-bond donors (Lipinski definition) is 3. The van der Waals surface area contributed by atoms with Crippen molar-refractivity contribution in [3.8, 4) is 0 Å². The smallest absolute Gasteiger partial charge is 0.240 e. The van der Waals surface area contributed by atoms with Crippen molar-refractivity contribution in [3.63, 3.8) is 0 Å². The normalized spacial score (nSPS) is 14.6. The zero-order valence-electron chi connectivity index (χ0n) is 16.5. The highest BCUT2D eigenvalue weighted by atomic mass is 32.2. The molecule has 0 aromatic heterocycles. The summed E-state index contributed by atoms with van der Waals surface area (Å²) in [5.74, 6) is 0.296.